The van der Waals surface area contributed by atoms with Crippen molar-refractivity contribution >= 4 is 35.7 Å². The fourth-order valence-electron chi connectivity index (χ4n) is 3.69. The number of aromatic nitrogens is 3. The van der Waals surface area contributed by atoms with Crippen molar-refractivity contribution in [3.63, 3.8) is 0 Å². The highest BCUT2D eigenvalue weighted by Crippen LogP contribution is 2.46. The molecule has 0 spiro atoms. The second-order valence-corrected chi connectivity index (χ2v) is 7.96. The molecule has 3 aromatic rings. The Hall–Kier alpha value is -2.70. The van der Waals surface area contributed by atoms with Crippen molar-refractivity contribution in [2.75, 3.05) is 11.9 Å². The fraction of sp³-hybridized carbons (Fsp3) is 0.190. The molecule has 142 valence electrons. The largest absolute Gasteiger partial charge is 0.347 e. The fourth-order valence-corrected chi connectivity index (χ4v) is 4.09. The number of benzene rings is 2. The summed E-state index contributed by atoms with van der Waals surface area (Å²) in [5, 5.41) is 12.2. The van der Waals surface area contributed by atoms with Gasteiger partial charge in [0, 0.05) is 35.6 Å². The van der Waals surface area contributed by atoms with E-state index in [1.165, 1.54) is 11.3 Å². The highest BCUT2D eigenvalue weighted by Gasteiger charge is 2.37. The molecule has 4 rings (SSSR count). The summed E-state index contributed by atoms with van der Waals surface area (Å²) in [6.07, 6.45) is 3.77. The third kappa shape index (κ3) is 2.99. The van der Waals surface area contributed by atoms with Crippen LogP contribution in [0.3, 0.4) is 0 Å². The molecule has 0 unspecified atom stereocenters. The average molecular weight is 410 g/mol. The van der Waals surface area contributed by atoms with Crippen molar-refractivity contribution in [1.82, 2.24) is 14.9 Å². The van der Waals surface area contributed by atoms with Gasteiger partial charge < -0.3 is 4.90 Å². The van der Waals surface area contributed by atoms with Crippen LogP contribution in [-0.4, -0.2) is 28.1 Å². The molecule has 1 aliphatic rings. The number of rotatable bonds is 3. The van der Waals surface area contributed by atoms with Gasteiger partial charge in [0.25, 0.3) is 0 Å². The van der Waals surface area contributed by atoms with Gasteiger partial charge >= 0.3 is 0 Å². The Morgan fingerprint density at radius 1 is 1.14 bits per heavy atom. The Labute approximate surface area is 174 Å². The Morgan fingerprint density at radius 2 is 1.86 bits per heavy atom. The summed E-state index contributed by atoms with van der Waals surface area (Å²) in [7, 11) is 2.08. The molecule has 0 atom stereocenters. The molecule has 2 aromatic carbocycles. The maximum absolute atomic E-state index is 6.31. The number of anilines is 1. The summed E-state index contributed by atoms with van der Waals surface area (Å²) >= 11 is 11.7. The third-order valence-electron chi connectivity index (χ3n) is 5.12. The van der Waals surface area contributed by atoms with Gasteiger partial charge in [0.15, 0.2) is 5.82 Å². The molecule has 28 heavy (non-hydrogen) atoms. The topological polar surface area (TPSA) is 49.2 Å². The van der Waals surface area contributed by atoms with Gasteiger partial charge in [-0.3, -0.25) is 0 Å². The first-order valence-electron chi connectivity index (χ1n) is 8.92. The number of para-hydroxylation sites is 1. The van der Waals surface area contributed by atoms with Crippen molar-refractivity contribution in [3.8, 4) is 11.4 Å². The molecule has 0 amide bonds. The summed E-state index contributed by atoms with van der Waals surface area (Å²) in [5.41, 5.74) is 4.33. The molecule has 2 heterocycles. The van der Waals surface area contributed by atoms with E-state index < -0.39 is 0 Å². The lowest BCUT2D eigenvalue weighted by atomic mass is 9.84. The van der Waals surface area contributed by atoms with E-state index in [1.807, 2.05) is 30.3 Å². The van der Waals surface area contributed by atoms with Crippen molar-refractivity contribution in [2.24, 2.45) is 5.10 Å². The number of hydrogen-bond donors (Lipinski definition) is 1. The van der Waals surface area contributed by atoms with Crippen LogP contribution in [0.5, 0.6) is 0 Å². The van der Waals surface area contributed by atoms with E-state index in [1.54, 1.807) is 10.9 Å². The molecule has 0 saturated heterocycles. The van der Waals surface area contributed by atoms with E-state index in [0.29, 0.717) is 15.6 Å². The number of H-pyrrole nitrogens is 1. The maximum atomic E-state index is 6.31. The van der Waals surface area contributed by atoms with Crippen LogP contribution in [0.1, 0.15) is 19.4 Å². The number of aromatic amines is 1. The van der Waals surface area contributed by atoms with Gasteiger partial charge in [0.2, 0.25) is 4.77 Å². The minimum atomic E-state index is -0.110. The second kappa shape index (κ2) is 7.04. The molecule has 1 N–H and O–H groups in total. The lowest BCUT2D eigenvalue weighted by Gasteiger charge is -2.23. The van der Waals surface area contributed by atoms with Crippen LogP contribution in [0.15, 0.2) is 65.4 Å². The van der Waals surface area contributed by atoms with Crippen LogP contribution in [0.4, 0.5) is 5.69 Å². The van der Waals surface area contributed by atoms with Gasteiger partial charge in [-0.1, -0.05) is 55.8 Å². The average Bonchev–Trinajstić information content (AvgIpc) is 3.13. The molecule has 0 fully saturated rings. The lowest BCUT2D eigenvalue weighted by molar-refractivity contribution is 0.641. The Bertz CT molecular complexity index is 1160. The van der Waals surface area contributed by atoms with Crippen LogP contribution in [0.2, 0.25) is 5.02 Å². The van der Waals surface area contributed by atoms with Crippen molar-refractivity contribution in [1.29, 1.82) is 0 Å². The zero-order valence-corrected chi connectivity index (χ0v) is 17.4. The number of allylic oxidation sites excluding steroid dienone is 2. The molecule has 1 aliphatic heterocycles. The summed E-state index contributed by atoms with van der Waals surface area (Å²) in [6.45, 7) is 4.43. The van der Waals surface area contributed by atoms with E-state index >= 15 is 0 Å². The van der Waals surface area contributed by atoms with Crippen LogP contribution >= 0.6 is 23.8 Å². The van der Waals surface area contributed by atoms with Gasteiger partial charge in [0.05, 0.1) is 5.02 Å². The normalized spacial score (nSPS) is 16.9. The maximum Gasteiger partial charge on any atom is 0.216 e. The van der Waals surface area contributed by atoms with Crippen molar-refractivity contribution < 1.29 is 0 Å². The number of halogens is 1. The number of nitrogens with zero attached hydrogens (tertiary/aromatic N) is 4. The zero-order valence-electron chi connectivity index (χ0n) is 15.8. The van der Waals surface area contributed by atoms with E-state index in [4.69, 9.17) is 23.8 Å². The Morgan fingerprint density at radius 3 is 2.61 bits per heavy atom. The number of nitrogens with one attached hydrogen (secondary N) is 1. The van der Waals surface area contributed by atoms with Gasteiger partial charge in [-0.25, -0.2) is 5.10 Å². The van der Waals surface area contributed by atoms with Crippen LogP contribution in [-0.2, 0) is 5.41 Å². The van der Waals surface area contributed by atoms with E-state index in [0.717, 1.165) is 11.3 Å². The smallest absolute Gasteiger partial charge is 0.216 e. The molecule has 7 heteroatoms. The minimum absolute atomic E-state index is 0.110. The van der Waals surface area contributed by atoms with Gasteiger partial charge in [-0.15, -0.1) is 0 Å². The van der Waals surface area contributed by atoms with E-state index in [-0.39, 0.29) is 5.41 Å². The molecular weight excluding hydrogens is 390 g/mol. The van der Waals surface area contributed by atoms with E-state index in [2.05, 4.69) is 65.4 Å². The molecular formula is C21H20ClN5S. The summed E-state index contributed by atoms with van der Waals surface area (Å²) in [5.74, 6) is 0.576. The lowest BCUT2D eigenvalue weighted by Crippen LogP contribution is -2.23. The summed E-state index contributed by atoms with van der Waals surface area (Å²) in [4.78, 5) is 2.20. The molecule has 5 nitrogen and oxygen atoms in total. The van der Waals surface area contributed by atoms with Gasteiger partial charge in [-0.2, -0.15) is 14.9 Å². The first-order chi connectivity index (χ1) is 13.4. The predicted molar refractivity (Wildman–Crippen MR) is 118 cm³/mol. The van der Waals surface area contributed by atoms with Crippen LogP contribution in [0.25, 0.3) is 11.4 Å². The second-order valence-electron chi connectivity index (χ2n) is 7.16. The van der Waals surface area contributed by atoms with Crippen molar-refractivity contribution in [3.05, 3.63) is 75.7 Å². The number of likely N-dealkylation sites (N-methyl/N-ethyl adjacent to an activating group) is 1. The molecule has 1 aromatic heterocycles. The predicted octanol–water partition coefficient (Wildman–Crippen LogP) is 5.41. The van der Waals surface area contributed by atoms with Crippen LogP contribution < -0.4 is 4.90 Å². The standard InChI is InChI=1S/C21H20ClN5S/c1-21(2)15-9-5-7-11-17(15)26(3)18(21)12-13-23-27-19(24-25-20(27)28)14-8-4-6-10-16(14)22/h4-13H,1-3H3,(H,25,28)/b18-12-,23-13-. The number of fused-ring (bicyclic) bond motifs is 1. The van der Waals surface area contributed by atoms with E-state index in [9.17, 15) is 0 Å². The zero-order chi connectivity index (χ0) is 19.9. The van der Waals surface area contributed by atoms with Crippen molar-refractivity contribution in [2.45, 2.75) is 19.3 Å². The SMILES string of the molecule is CN1/C(=C\C=N/n2c(-c3ccccc3Cl)n[nH]c2=S)C(C)(C)c2ccccc21. The Kier molecular flexibility index (Phi) is 4.69. The molecule has 0 radical (unpaired) electrons. The number of hydrogen-bond acceptors (Lipinski definition) is 4. The summed E-state index contributed by atoms with van der Waals surface area (Å²) in [6, 6.07) is 15.9. The molecule has 0 aliphatic carbocycles. The first kappa shape index (κ1) is 18.7. The minimum Gasteiger partial charge on any atom is -0.347 e. The molecule has 0 bridgehead atoms. The van der Waals surface area contributed by atoms with Crippen LogP contribution in [0, 0.1) is 4.77 Å². The monoisotopic (exact) mass is 409 g/mol. The first-order valence-corrected chi connectivity index (χ1v) is 9.70. The summed E-state index contributed by atoms with van der Waals surface area (Å²) < 4.78 is 2.00. The highest BCUT2D eigenvalue weighted by atomic mass is 35.5. The quantitative estimate of drug-likeness (QED) is 0.465. The third-order valence-corrected chi connectivity index (χ3v) is 5.71. The molecule has 0 saturated carbocycles. The highest BCUT2D eigenvalue weighted by molar-refractivity contribution is 7.71. The van der Waals surface area contributed by atoms with Gasteiger partial charge in [0.1, 0.15) is 0 Å². The Balaban J connectivity index is 1.72. The van der Waals surface area contributed by atoms with Gasteiger partial charge in [-0.05, 0) is 42.1 Å².